The Balaban J connectivity index is 2.27. The molecule has 12 heavy (non-hydrogen) atoms. The van der Waals surface area contributed by atoms with Crippen LogP contribution in [-0.4, -0.2) is 26.2 Å². The summed E-state index contributed by atoms with van der Waals surface area (Å²) in [4.78, 5) is 10.9. The fourth-order valence-corrected chi connectivity index (χ4v) is 1.74. The maximum atomic E-state index is 10.9. The summed E-state index contributed by atoms with van der Waals surface area (Å²) in [5.41, 5.74) is 0. The van der Waals surface area contributed by atoms with E-state index in [2.05, 4.69) is 17.0 Å². The molecule has 3 nitrogen and oxygen atoms in total. The van der Waals surface area contributed by atoms with Crippen molar-refractivity contribution in [3.63, 3.8) is 0 Å². The number of hydrogen-bond donors (Lipinski definition) is 1. The van der Waals surface area contributed by atoms with Crippen molar-refractivity contribution in [3.8, 4) is 0 Å². The summed E-state index contributed by atoms with van der Waals surface area (Å²) >= 11 is 0. The van der Waals surface area contributed by atoms with Gasteiger partial charge in [0.05, 0.1) is 7.11 Å². The summed E-state index contributed by atoms with van der Waals surface area (Å²) in [5.74, 6) is 1.07. The van der Waals surface area contributed by atoms with Crippen LogP contribution in [0.5, 0.6) is 0 Å². The number of hydrogen-bond acceptors (Lipinski definition) is 3. The molecule has 1 saturated heterocycles. The van der Waals surface area contributed by atoms with E-state index in [1.165, 1.54) is 7.11 Å². The van der Waals surface area contributed by atoms with E-state index in [1.54, 1.807) is 0 Å². The molecule has 1 aliphatic rings. The number of piperidine rings is 1. The predicted molar refractivity (Wildman–Crippen MR) is 46.8 cm³/mol. The molecular formula is C9H17NO2. The van der Waals surface area contributed by atoms with Crippen LogP contribution in [0.15, 0.2) is 0 Å². The van der Waals surface area contributed by atoms with Crippen LogP contribution < -0.4 is 5.32 Å². The minimum Gasteiger partial charge on any atom is -0.469 e. The van der Waals surface area contributed by atoms with Crippen molar-refractivity contribution < 1.29 is 9.53 Å². The van der Waals surface area contributed by atoms with Gasteiger partial charge in [-0.3, -0.25) is 4.79 Å². The molecule has 2 atom stereocenters. The summed E-state index contributed by atoms with van der Waals surface area (Å²) < 4.78 is 4.62. The molecule has 3 heteroatoms. The van der Waals surface area contributed by atoms with Crippen LogP contribution in [0.4, 0.5) is 0 Å². The zero-order valence-electron chi connectivity index (χ0n) is 7.80. The van der Waals surface area contributed by atoms with Gasteiger partial charge in [-0.15, -0.1) is 0 Å². The third kappa shape index (κ3) is 2.81. The lowest BCUT2D eigenvalue weighted by atomic mass is 9.90. The van der Waals surface area contributed by atoms with Gasteiger partial charge in [-0.05, 0) is 31.3 Å². The Hall–Kier alpha value is -0.570. The van der Waals surface area contributed by atoms with Crippen molar-refractivity contribution >= 4 is 5.97 Å². The molecule has 0 aromatic heterocycles. The first-order valence-corrected chi connectivity index (χ1v) is 4.50. The van der Waals surface area contributed by atoms with Crippen molar-refractivity contribution in [2.24, 2.45) is 11.8 Å². The molecule has 1 heterocycles. The number of methoxy groups -OCH3 is 1. The van der Waals surface area contributed by atoms with Gasteiger partial charge in [0.2, 0.25) is 0 Å². The molecule has 0 unspecified atom stereocenters. The Bertz CT molecular complexity index is 159. The smallest absolute Gasteiger partial charge is 0.305 e. The number of carbonyl (C=O) groups excluding carboxylic acids is 1. The summed E-state index contributed by atoms with van der Waals surface area (Å²) in [5, 5.41) is 3.31. The standard InChI is InChI=1S/C9H17NO2/c1-7-3-8(6-10-5-7)4-9(11)12-2/h7-8,10H,3-6H2,1-2H3/t7-,8+/m1/s1. The summed E-state index contributed by atoms with van der Waals surface area (Å²) in [6.07, 6.45) is 1.70. The van der Waals surface area contributed by atoms with Crippen LogP contribution >= 0.6 is 0 Å². The second-order valence-electron chi connectivity index (χ2n) is 3.65. The molecule has 1 rings (SSSR count). The summed E-state index contributed by atoms with van der Waals surface area (Å²) in [7, 11) is 1.45. The van der Waals surface area contributed by atoms with E-state index in [4.69, 9.17) is 0 Å². The van der Waals surface area contributed by atoms with Gasteiger partial charge in [0.1, 0.15) is 0 Å². The summed E-state index contributed by atoms with van der Waals surface area (Å²) in [6, 6.07) is 0. The molecule has 70 valence electrons. The Kier molecular flexibility index (Phi) is 3.53. The lowest BCUT2D eigenvalue weighted by Crippen LogP contribution is -2.36. The molecule has 0 bridgehead atoms. The fourth-order valence-electron chi connectivity index (χ4n) is 1.74. The molecule has 1 N–H and O–H groups in total. The highest BCUT2D eigenvalue weighted by molar-refractivity contribution is 5.69. The number of rotatable bonds is 2. The third-order valence-electron chi connectivity index (χ3n) is 2.34. The van der Waals surface area contributed by atoms with Gasteiger partial charge in [-0.25, -0.2) is 0 Å². The lowest BCUT2D eigenvalue weighted by molar-refractivity contribution is -0.141. The summed E-state index contributed by atoms with van der Waals surface area (Å²) in [6.45, 7) is 4.24. The number of ether oxygens (including phenoxy) is 1. The number of nitrogens with one attached hydrogen (secondary N) is 1. The minimum absolute atomic E-state index is 0.0871. The largest absolute Gasteiger partial charge is 0.469 e. The van der Waals surface area contributed by atoms with Gasteiger partial charge in [0.15, 0.2) is 0 Å². The van der Waals surface area contributed by atoms with E-state index in [9.17, 15) is 4.79 Å². The fraction of sp³-hybridized carbons (Fsp3) is 0.889. The van der Waals surface area contributed by atoms with Crippen LogP contribution in [0, 0.1) is 11.8 Å². The SMILES string of the molecule is COC(=O)C[C@H]1CNC[C@H](C)C1. The minimum atomic E-state index is -0.0871. The van der Waals surface area contributed by atoms with Gasteiger partial charge < -0.3 is 10.1 Å². The molecule has 0 radical (unpaired) electrons. The Morgan fingerprint density at radius 2 is 2.33 bits per heavy atom. The predicted octanol–water partition coefficient (Wildman–Crippen LogP) is 0.795. The second kappa shape index (κ2) is 4.45. The van der Waals surface area contributed by atoms with Gasteiger partial charge in [0, 0.05) is 6.42 Å². The van der Waals surface area contributed by atoms with Gasteiger partial charge in [0.25, 0.3) is 0 Å². The molecule has 1 aliphatic heterocycles. The van der Waals surface area contributed by atoms with Crippen LogP contribution in [0.2, 0.25) is 0 Å². The molecule has 0 aromatic rings. The van der Waals surface area contributed by atoms with Crippen molar-refractivity contribution in [1.29, 1.82) is 0 Å². The first kappa shape index (κ1) is 9.52. The van der Waals surface area contributed by atoms with E-state index in [0.717, 1.165) is 19.5 Å². The van der Waals surface area contributed by atoms with E-state index in [1.807, 2.05) is 0 Å². The average molecular weight is 171 g/mol. The van der Waals surface area contributed by atoms with Crippen LogP contribution in [0.25, 0.3) is 0 Å². The van der Waals surface area contributed by atoms with Crippen LogP contribution in [0.1, 0.15) is 19.8 Å². The quantitative estimate of drug-likeness (QED) is 0.624. The van der Waals surface area contributed by atoms with Gasteiger partial charge in [-0.2, -0.15) is 0 Å². The topological polar surface area (TPSA) is 38.3 Å². The van der Waals surface area contributed by atoms with E-state index >= 15 is 0 Å². The molecule has 0 aliphatic carbocycles. The Labute approximate surface area is 73.5 Å². The highest BCUT2D eigenvalue weighted by atomic mass is 16.5. The van der Waals surface area contributed by atoms with Crippen molar-refractivity contribution in [2.75, 3.05) is 20.2 Å². The van der Waals surface area contributed by atoms with Gasteiger partial charge >= 0.3 is 5.97 Å². The molecule has 1 fully saturated rings. The molecular weight excluding hydrogens is 154 g/mol. The Morgan fingerprint density at radius 3 is 2.92 bits per heavy atom. The number of carbonyl (C=O) groups is 1. The Morgan fingerprint density at radius 1 is 1.58 bits per heavy atom. The monoisotopic (exact) mass is 171 g/mol. The highest BCUT2D eigenvalue weighted by Crippen LogP contribution is 2.18. The normalized spacial score (nSPS) is 29.8. The molecule has 0 amide bonds. The first-order chi connectivity index (χ1) is 5.72. The zero-order chi connectivity index (χ0) is 8.97. The molecule has 0 spiro atoms. The van der Waals surface area contributed by atoms with Crippen molar-refractivity contribution in [2.45, 2.75) is 19.8 Å². The van der Waals surface area contributed by atoms with Crippen molar-refractivity contribution in [1.82, 2.24) is 5.32 Å². The van der Waals surface area contributed by atoms with Crippen molar-refractivity contribution in [3.05, 3.63) is 0 Å². The maximum Gasteiger partial charge on any atom is 0.305 e. The van der Waals surface area contributed by atoms with Crippen LogP contribution in [0.3, 0.4) is 0 Å². The molecule has 0 aromatic carbocycles. The average Bonchev–Trinajstić information content (AvgIpc) is 2.04. The lowest BCUT2D eigenvalue weighted by Gasteiger charge is -2.26. The van der Waals surface area contributed by atoms with E-state index in [-0.39, 0.29) is 5.97 Å². The van der Waals surface area contributed by atoms with Crippen LogP contribution in [-0.2, 0) is 9.53 Å². The first-order valence-electron chi connectivity index (χ1n) is 4.50. The van der Waals surface area contributed by atoms with E-state index in [0.29, 0.717) is 18.3 Å². The zero-order valence-corrected chi connectivity index (χ0v) is 7.80. The van der Waals surface area contributed by atoms with E-state index < -0.39 is 0 Å². The van der Waals surface area contributed by atoms with Gasteiger partial charge in [-0.1, -0.05) is 6.92 Å². The second-order valence-corrected chi connectivity index (χ2v) is 3.65. The third-order valence-corrected chi connectivity index (χ3v) is 2.34. The maximum absolute atomic E-state index is 10.9. The number of esters is 1. The molecule has 0 saturated carbocycles. The highest BCUT2D eigenvalue weighted by Gasteiger charge is 2.20.